The Morgan fingerprint density at radius 2 is 2.18 bits per heavy atom. The van der Waals surface area contributed by atoms with Gasteiger partial charge in [0.1, 0.15) is 5.82 Å². The zero-order valence-electron chi connectivity index (χ0n) is 6.50. The first-order chi connectivity index (χ1) is 5.18. The summed E-state index contributed by atoms with van der Waals surface area (Å²) in [5.74, 6) is 0.948. The highest BCUT2D eigenvalue weighted by molar-refractivity contribution is 9.10. The van der Waals surface area contributed by atoms with Crippen molar-refractivity contribution in [3.05, 3.63) is 22.8 Å². The molecule has 0 bridgehead atoms. The monoisotopic (exact) mass is 232 g/mol. The molecule has 0 aliphatic rings. The molecule has 11 heavy (non-hydrogen) atoms. The van der Waals surface area contributed by atoms with Gasteiger partial charge in [-0.3, -0.25) is 0 Å². The molecule has 1 aromatic heterocycles. The first-order valence-corrected chi connectivity index (χ1v) is 6.27. The predicted molar refractivity (Wildman–Crippen MR) is 54.3 cm³/mol. The fourth-order valence-corrected chi connectivity index (χ4v) is 1.50. The highest BCUT2D eigenvalue weighted by atomic mass is 79.9. The fourth-order valence-electron chi connectivity index (χ4n) is 0.671. The van der Waals surface area contributed by atoms with Gasteiger partial charge >= 0.3 is 0 Å². The molecule has 2 nitrogen and oxygen atoms in total. The van der Waals surface area contributed by atoms with E-state index in [1.807, 2.05) is 12.1 Å². The molecule has 1 N–H and O–H groups in total. The number of rotatable bonds is 2. The first-order valence-electron chi connectivity index (χ1n) is 3.24. The summed E-state index contributed by atoms with van der Waals surface area (Å²) in [6.45, 7) is 4.30. The summed E-state index contributed by atoms with van der Waals surface area (Å²) in [4.78, 5) is 4.18. The lowest BCUT2D eigenvalue weighted by molar-refractivity contribution is 1.31. The maximum Gasteiger partial charge on any atom is 0.129 e. The lowest BCUT2D eigenvalue weighted by atomic mass is 10.5. The van der Waals surface area contributed by atoms with Crippen molar-refractivity contribution in [1.82, 2.24) is 4.98 Å². The van der Waals surface area contributed by atoms with E-state index in [0.717, 1.165) is 10.3 Å². The number of hydrogen-bond acceptors (Lipinski definition) is 2. The van der Waals surface area contributed by atoms with Gasteiger partial charge in [0.05, 0.1) is 0 Å². The molecule has 1 heterocycles. The van der Waals surface area contributed by atoms with Crippen molar-refractivity contribution in [1.29, 1.82) is 0 Å². The van der Waals surface area contributed by atoms with E-state index in [4.69, 9.17) is 0 Å². The average molecular weight is 233 g/mol. The second kappa shape index (κ2) is 4.03. The van der Waals surface area contributed by atoms with Gasteiger partial charge in [-0.25, -0.2) is 4.98 Å². The lowest BCUT2D eigenvalue weighted by Crippen LogP contribution is -1.90. The largest absolute Gasteiger partial charge is 0.350 e. The Morgan fingerprint density at radius 3 is 2.64 bits per heavy atom. The zero-order chi connectivity index (χ0) is 8.27. The van der Waals surface area contributed by atoms with Crippen LogP contribution in [0.25, 0.3) is 0 Å². The SMILES string of the molecule is CP(C)Nc1ccc(Br)cn1. The zero-order valence-corrected chi connectivity index (χ0v) is 8.98. The number of nitrogens with zero attached hydrogens (tertiary/aromatic N) is 1. The van der Waals surface area contributed by atoms with Gasteiger partial charge in [-0.2, -0.15) is 0 Å². The molecule has 0 amide bonds. The molecular weight excluding hydrogens is 223 g/mol. The van der Waals surface area contributed by atoms with Crippen LogP contribution in [0.2, 0.25) is 0 Å². The molecule has 0 unspecified atom stereocenters. The highest BCUT2D eigenvalue weighted by Gasteiger charge is 1.94. The normalized spacial score (nSPS) is 10.2. The molecule has 60 valence electrons. The number of aromatic nitrogens is 1. The molecule has 0 saturated carbocycles. The van der Waals surface area contributed by atoms with E-state index in [0.29, 0.717) is 0 Å². The smallest absolute Gasteiger partial charge is 0.129 e. The molecule has 0 fully saturated rings. The van der Waals surface area contributed by atoms with E-state index in [-0.39, 0.29) is 8.07 Å². The van der Waals surface area contributed by atoms with Crippen LogP contribution in [0.4, 0.5) is 5.82 Å². The van der Waals surface area contributed by atoms with Crippen LogP contribution in [0.15, 0.2) is 22.8 Å². The van der Waals surface area contributed by atoms with Crippen molar-refractivity contribution in [3.8, 4) is 0 Å². The summed E-state index contributed by atoms with van der Waals surface area (Å²) < 4.78 is 1.01. The number of pyridine rings is 1. The second-order valence-corrected chi connectivity index (χ2v) is 5.30. The van der Waals surface area contributed by atoms with E-state index >= 15 is 0 Å². The van der Waals surface area contributed by atoms with Crippen LogP contribution >= 0.6 is 24.0 Å². The van der Waals surface area contributed by atoms with E-state index in [2.05, 4.69) is 39.3 Å². The molecule has 0 aliphatic carbocycles. The van der Waals surface area contributed by atoms with Crippen molar-refractivity contribution in [3.63, 3.8) is 0 Å². The molecule has 0 aliphatic heterocycles. The van der Waals surface area contributed by atoms with Crippen molar-refractivity contribution >= 4 is 29.8 Å². The Morgan fingerprint density at radius 1 is 1.45 bits per heavy atom. The van der Waals surface area contributed by atoms with Crippen molar-refractivity contribution < 1.29 is 0 Å². The van der Waals surface area contributed by atoms with Gasteiger partial charge in [-0.05, 0) is 49.5 Å². The minimum Gasteiger partial charge on any atom is -0.350 e. The maximum absolute atomic E-state index is 4.18. The quantitative estimate of drug-likeness (QED) is 0.794. The summed E-state index contributed by atoms with van der Waals surface area (Å²) in [5, 5.41) is 3.26. The third-order valence-corrected chi connectivity index (χ3v) is 2.21. The summed E-state index contributed by atoms with van der Waals surface area (Å²) in [7, 11) is -0.114. The molecule has 0 atom stereocenters. The standard InChI is InChI=1S/C7H10BrN2P/c1-11(2)10-7-4-3-6(8)5-9-7/h3-5H,1-2H3,(H,9,10). The van der Waals surface area contributed by atoms with Crippen molar-refractivity contribution in [2.75, 3.05) is 18.4 Å². The van der Waals surface area contributed by atoms with Gasteiger partial charge in [0.15, 0.2) is 0 Å². The molecule has 4 heteroatoms. The Labute approximate surface area is 76.4 Å². The van der Waals surface area contributed by atoms with E-state index in [1.54, 1.807) is 6.20 Å². The summed E-state index contributed by atoms with van der Waals surface area (Å²) >= 11 is 3.33. The van der Waals surface area contributed by atoms with E-state index in [9.17, 15) is 0 Å². The molecule has 1 rings (SSSR count). The van der Waals surface area contributed by atoms with Crippen LogP contribution in [0, 0.1) is 0 Å². The Kier molecular flexibility index (Phi) is 3.28. The topological polar surface area (TPSA) is 24.9 Å². The van der Waals surface area contributed by atoms with Gasteiger partial charge in [0.2, 0.25) is 0 Å². The third-order valence-electron chi connectivity index (χ3n) is 1.07. The van der Waals surface area contributed by atoms with Gasteiger partial charge in [0.25, 0.3) is 0 Å². The van der Waals surface area contributed by atoms with Gasteiger partial charge < -0.3 is 5.09 Å². The first kappa shape index (κ1) is 8.95. The van der Waals surface area contributed by atoms with Gasteiger partial charge in [-0.1, -0.05) is 0 Å². The minimum atomic E-state index is -0.114. The fraction of sp³-hybridized carbons (Fsp3) is 0.286. The minimum absolute atomic E-state index is 0.114. The molecule has 0 spiro atoms. The number of nitrogens with one attached hydrogen (secondary N) is 1. The summed E-state index contributed by atoms with van der Waals surface area (Å²) in [5.41, 5.74) is 0. The molecule has 0 radical (unpaired) electrons. The molecule has 0 saturated heterocycles. The third kappa shape index (κ3) is 3.17. The number of hydrogen-bond donors (Lipinski definition) is 1. The summed E-state index contributed by atoms with van der Waals surface area (Å²) in [6, 6.07) is 3.95. The van der Waals surface area contributed by atoms with Crippen molar-refractivity contribution in [2.45, 2.75) is 0 Å². The Hall–Kier alpha value is -0.140. The molecule has 1 aromatic rings. The number of halogens is 1. The van der Waals surface area contributed by atoms with Gasteiger partial charge in [0, 0.05) is 10.7 Å². The van der Waals surface area contributed by atoms with Crippen LogP contribution in [-0.2, 0) is 0 Å². The van der Waals surface area contributed by atoms with Gasteiger partial charge in [-0.15, -0.1) is 0 Å². The van der Waals surface area contributed by atoms with Crippen LogP contribution in [0.1, 0.15) is 0 Å². The van der Waals surface area contributed by atoms with Crippen LogP contribution < -0.4 is 5.09 Å². The Balaban J connectivity index is 2.66. The highest BCUT2D eigenvalue weighted by Crippen LogP contribution is 2.25. The second-order valence-electron chi connectivity index (χ2n) is 2.37. The number of anilines is 1. The van der Waals surface area contributed by atoms with E-state index < -0.39 is 0 Å². The lowest BCUT2D eigenvalue weighted by Gasteiger charge is -2.07. The maximum atomic E-state index is 4.18. The van der Waals surface area contributed by atoms with Crippen LogP contribution in [0.3, 0.4) is 0 Å². The molecular formula is C7H10BrN2P. The Bertz CT molecular complexity index is 222. The summed E-state index contributed by atoms with van der Waals surface area (Å²) in [6.07, 6.45) is 1.79. The van der Waals surface area contributed by atoms with Crippen LogP contribution in [-0.4, -0.2) is 18.3 Å². The average Bonchev–Trinajstić information content (AvgIpc) is 1.93. The van der Waals surface area contributed by atoms with E-state index in [1.165, 1.54) is 0 Å². The predicted octanol–water partition coefficient (Wildman–Crippen LogP) is 2.91. The molecule has 0 aromatic carbocycles. The van der Waals surface area contributed by atoms with Crippen LogP contribution in [0.5, 0.6) is 0 Å². The van der Waals surface area contributed by atoms with Crippen molar-refractivity contribution in [2.24, 2.45) is 0 Å².